The van der Waals surface area contributed by atoms with Gasteiger partial charge >= 0.3 is 5.69 Å². The molecule has 0 saturated carbocycles. The summed E-state index contributed by atoms with van der Waals surface area (Å²) in [5, 5.41) is 3.96. The molecule has 2 heterocycles. The monoisotopic (exact) mass is 356 g/mol. The van der Waals surface area contributed by atoms with Gasteiger partial charge in [0, 0.05) is 30.8 Å². The normalized spacial score (nSPS) is 11.0. The number of para-hydroxylation sites is 1. The molecule has 25 heavy (non-hydrogen) atoms. The van der Waals surface area contributed by atoms with Gasteiger partial charge in [0.05, 0.1) is 15.2 Å². The first kappa shape index (κ1) is 17.3. The number of thiazole rings is 1. The predicted octanol–water partition coefficient (Wildman–Crippen LogP) is 2.29. The summed E-state index contributed by atoms with van der Waals surface area (Å²) in [6.45, 7) is 4.19. The fraction of sp³-hybridized carbons (Fsp3) is 0.333. The highest BCUT2D eigenvalue weighted by Crippen LogP contribution is 2.21. The highest BCUT2D eigenvalue weighted by Gasteiger charge is 2.09. The minimum Gasteiger partial charge on any atom is -0.356 e. The second kappa shape index (κ2) is 7.57. The Labute approximate surface area is 149 Å². The van der Waals surface area contributed by atoms with Crippen molar-refractivity contribution in [2.75, 3.05) is 6.54 Å². The largest absolute Gasteiger partial charge is 0.356 e. The molecule has 130 valence electrons. The van der Waals surface area contributed by atoms with E-state index in [1.165, 1.54) is 4.70 Å². The van der Waals surface area contributed by atoms with Crippen molar-refractivity contribution in [3.8, 4) is 0 Å². The van der Waals surface area contributed by atoms with E-state index in [0.29, 0.717) is 25.1 Å². The van der Waals surface area contributed by atoms with Crippen LogP contribution in [0, 0.1) is 13.8 Å². The Bertz CT molecular complexity index is 902. The zero-order chi connectivity index (χ0) is 17.8. The number of benzene rings is 1. The third kappa shape index (κ3) is 4.30. The molecule has 0 bridgehead atoms. The van der Waals surface area contributed by atoms with E-state index in [0.717, 1.165) is 28.2 Å². The molecule has 3 rings (SSSR count). The number of amides is 1. The number of nitrogens with zero attached hydrogens (tertiary/aromatic N) is 2. The Morgan fingerprint density at radius 1 is 1.20 bits per heavy atom. The maximum absolute atomic E-state index is 12.0. The SMILES string of the molecule is Cc1nc(=O)[nH]c(C)c1CCC(=O)NCCc1nc2ccccc2s1. The van der Waals surface area contributed by atoms with E-state index >= 15 is 0 Å². The average Bonchev–Trinajstić information content (AvgIpc) is 2.96. The molecule has 1 amide bonds. The van der Waals surface area contributed by atoms with Crippen LogP contribution in [-0.2, 0) is 17.6 Å². The lowest BCUT2D eigenvalue weighted by atomic mass is 10.1. The van der Waals surface area contributed by atoms with Crippen molar-refractivity contribution < 1.29 is 4.79 Å². The van der Waals surface area contributed by atoms with Crippen LogP contribution in [0.4, 0.5) is 0 Å². The third-order valence-electron chi connectivity index (χ3n) is 4.05. The fourth-order valence-corrected chi connectivity index (χ4v) is 3.75. The standard InChI is InChI=1S/C18H20N4O2S/c1-11-13(12(2)21-18(24)20-11)7-8-16(23)19-10-9-17-22-14-5-3-4-6-15(14)25-17/h3-6H,7-10H2,1-2H3,(H,19,23)(H,20,21,24). The van der Waals surface area contributed by atoms with Gasteiger partial charge in [0.2, 0.25) is 5.91 Å². The number of hydrogen-bond acceptors (Lipinski definition) is 5. The maximum Gasteiger partial charge on any atom is 0.345 e. The van der Waals surface area contributed by atoms with E-state index in [-0.39, 0.29) is 11.6 Å². The second-order valence-corrected chi connectivity index (χ2v) is 7.02. The van der Waals surface area contributed by atoms with Crippen LogP contribution in [0.25, 0.3) is 10.2 Å². The lowest BCUT2D eigenvalue weighted by molar-refractivity contribution is -0.121. The van der Waals surface area contributed by atoms with Gasteiger partial charge in [-0.15, -0.1) is 11.3 Å². The molecule has 0 fully saturated rings. The molecule has 0 atom stereocenters. The van der Waals surface area contributed by atoms with Crippen molar-refractivity contribution in [3.63, 3.8) is 0 Å². The van der Waals surface area contributed by atoms with E-state index in [4.69, 9.17) is 0 Å². The van der Waals surface area contributed by atoms with E-state index in [2.05, 4.69) is 26.3 Å². The summed E-state index contributed by atoms with van der Waals surface area (Å²) in [7, 11) is 0. The first-order valence-corrected chi connectivity index (χ1v) is 9.02. The van der Waals surface area contributed by atoms with Gasteiger partial charge in [0.1, 0.15) is 0 Å². The first-order valence-electron chi connectivity index (χ1n) is 8.20. The predicted molar refractivity (Wildman–Crippen MR) is 99.0 cm³/mol. The van der Waals surface area contributed by atoms with Crippen molar-refractivity contribution in [3.05, 3.63) is 56.7 Å². The smallest absolute Gasteiger partial charge is 0.345 e. The van der Waals surface area contributed by atoms with Gasteiger partial charge in [-0.25, -0.2) is 9.78 Å². The second-order valence-electron chi connectivity index (χ2n) is 5.91. The zero-order valence-electron chi connectivity index (χ0n) is 14.3. The highest BCUT2D eigenvalue weighted by atomic mass is 32.1. The summed E-state index contributed by atoms with van der Waals surface area (Å²) in [5.74, 6) is -0.00823. The molecular weight excluding hydrogens is 336 g/mol. The first-order chi connectivity index (χ1) is 12.0. The Balaban J connectivity index is 1.49. The van der Waals surface area contributed by atoms with E-state index in [1.54, 1.807) is 18.3 Å². The van der Waals surface area contributed by atoms with Gasteiger partial charge in [-0.05, 0) is 38.0 Å². The van der Waals surface area contributed by atoms with E-state index < -0.39 is 0 Å². The Morgan fingerprint density at radius 2 is 2.00 bits per heavy atom. The molecule has 0 aliphatic carbocycles. The van der Waals surface area contributed by atoms with E-state index in [9.17, 15) is 9.59 Å². The van der Waals surface area contributed by atoms with Crippen LogP contribution in [0.15, 0.2) is 29.1 Å². The number of aromatic amines is 1. The van der Waals surface area contributed by atoms with Crippen LogP contribution in [-0.4, -0.2) is 27.4 Å². The number of carbonyl (C=O) groups is 1. The van der Waals surface area contributed by atoms with Gasteiger partial charge in [-0.1, -0.05) is 12.1 Å². The van der Waals surface area contributed by atoms with Crippen molar-refractivity contribution in [1.29, 1.82) is 0 Å². The van der Waals surface area contributed by atoms with Crippen LogP contribution in [0.5, 0.6) is 0 Å². The average molecular weight is 356 g/mol. The fourth-order valence-electron chi connectivity index (χ4n) is 2.79. The van der Waals surface area contributed by atoms with Crippen molar-refractivity contribution in [1.82, 2.24) is 20.3 Å². The molecule has 0 spiro atoms. The Kier molecular flexibility index (Phi) is 5.23. The minimum atomic E-state index is -0.348. The quantitative estimate of drug-likeness (QED) is 0.709. The Hall–Kier alpha value is -2.54. The number of fused-ring (bicyclic) bond motifs is 1. The van der Waals surface area contributed by atoms with Gasteiger partial charge in [0.25, 0.3) is 0 Å². The van der Waals surface area contributed by atoms with Crippen LogP contribution < -0.4 is 11.0 Å². The summed E-state index contributed by atoms with van der Waals surface area (Å²) in [5.41, 5.74) is 3.05. The van der Waals surface area contributed by atoms with Crippen LogP contribution in [0.1, 0.15) is 28.4 Å². The molecular formula is C18H20N4O2S. The minimum absolute atomic E-state index is 0.00823. The summed E-state index contributed by atoms with van der Waals surface area (Å²) < 4.78 is 1.17. The molecule has 0 saturated heterocycles. The van der Waals surface area contributed by atoms with Gasteiger partial charge in [-0.2, -0.15) is 4.98 Å². The van der Waals surface area contributed by atoms with Crippen LogP contribution in [0.3, 0.4) is 0 Å². The number of nitrogens with one attached hydrogen (secondary N) is 2. The number of aryl methyl sites for hydroxylation is 2. The van der Waals surface area contributed by atoms with Crippen molar-refractivity contribution in [2.45, 2.75) is 33.1 Å². The lowest BCUT2D eigenvalue weighted by Gasteiger charge is -2.08. The van der Waals surface area contributed by atoms with Gasteiger partial charge < -0.3 is 10.3 Å². The number of aromatic nitrogens is 3. The molecule has 0 aliphatic rings. The summed E-state index contributed by atoms with van der Waals surface area (Å²) in [6, 6.07) is 8.03. The van der Waals surface area contributed by atoms with Crippen LogP contribution >= 0.6 is 11.3 Å². The molecule has 0 aliphatic heterocycles. The topological polar surface area (TPSA) is 87.7 Å². The summed E-state index contributed by atoms with van der Waals surface area (Å²) in [6.07, 6.45) is 1.66. The van der Waals surface area contributed by atoms with Gasteiger partial charge in [0.15, 0.2) is 0 Å². The molecule has 2 aromatic heterocycles. The van der Waals surface area contributed by atoms with E-state index in [1.807, 2.05) is 25.1 Å². The molecule has 1 aromatic carbocycles. The summed E-state index contributed by atoms with van der Waals surface area (Å²) in [4.78, 5) is 34.5. The number of rotatable bonds is 6. The molecule has 6 nitrogen and oxygen atoms in total. The highest BCUT2D eigenvalue weighted by molar-refractivity contribution is 7.18. The number of H-pyrrole nitrogens is 1. The number of carbonyl (C=O) groups excluding carboxylic acids is 1. The Morgan fingerprint density at radius 3 is 2.76 bits per heavy atom. The molecule has 0 unspecified atom stereocenters. The zero-order valence-corrected chi connectivity index (χ0v) is 15.1. The number of hydrogen-bond donors (Lipinski definition) is 2. The maximum atomic E-state index is 12.0. The molecule has 2 N–H and O–H groups in total. The van der Waals surface area contributed by atoms with Crippen molar-refractivity contribution >= 4 is 27.5 Å². The third-order valence-corrected chi connectivity index (χ3v) is 5.15. The van der Waals surface area contributed by atoms with Crippen LogP contribution in [0.2, 0.25) is 0 Å². The molecule has 7 heteroatoms. The molecule has 3 aromatic rings. The van der Waals surface area contributed by atoms with Gasteiger partial charge in [-0.3, -0.25) is 4.79 Å². The summed E-state index contributed by atoms with van der Waals surface area (Å²) >= 11 is 1.66. The molecule has 0 radical (unpaired) electrons. The van der Waals surface area contributed by atoms with Crippen molar-refractivity contribution in [2.24, 2.45) is 0 Å². The lowest BCUT2D eigenvalue weighted by Crippen LogP contribution is -2.26.